The number of carbonyl (C=O) groups excluding carboxylic acids is 1. The summed E-state index contributed by atoms with van der Waals surface area (Å²) >= 11 is 0. The molecule has 13 heavy (non-hydrogen) atoms. The predicted molar refractivity (Wildman–Crippen MR) is 49.3 cm³/mol. The van der Waals surface area contributed by atoms with E-state index in [2.05, 4.69) is 6.92 Å². The van der Waals surface area contributed by atoms with E-state index in [0.29, 0.717) is 18.3 Å². The van der Waals surface area contributed by atoms with Gasteiger partial charge in [0.15, 0.2) is 6.29 Å². The van der Waals surface area contributed by atoms with Gasteiger partial charge in [0.1, 0.15) is 5.78 Å². The van der Waals surface area contributed by atoms with Crippen LogP contribution in [0.25, 0.3) is 0 Å². The minimum atomic E-state index is -0.102. The Hall–Kier alpha value is -0.410. The largest absolute Gasteiger partial charge is 0.356 e. The Labute approximate surface area is 79.4 Å². The summed E-state index contributed by atoms with van der Waals surface area (Å²) in [6.07, 6.45) is 1.54. The third-order valence-corrected chi connectivity index (χ3v) is 2.66. The van der Waals surface area contributed by atoms with Gasteiger partial charge < -0.3 is 14.3 Å². The Balaban J connectivity index is 2.44. The lowest BCUT2D eigenvalue weighted by Crippen LogP contribution is -2.25. The highest BCUT2D eigenvalue weighted by atomic mass is 16.7. The smallest absolute Gasteiger partial charge is 0.160 e. The molecule has 0 bridgehead atoms. The summed E-state index contributed by atoms with van der Waals surface area (Å²) in [6, 6.07) is 0. The lowest BCUT2D eigenvalue weighted by atomic mass is 9.88. The molecule has 3 atom stereocenters. The van der Waals surface area contributed by atoms with Gasteiger partial charge in [-0.3, -0.25) is 0 Å². The summed E-state index contributed by atoms with van der Waals surface area (Å²) < 4.78 is 10.6. The second-order valence-electron chi connectivity index (χ2n) is 3.81. The van der Waals surface area contributed by atoms with Gasteiger partial charge in [0.05, 0.1) is 6.61 Å². The number of hydrogen-bond donors (Lipinski definition) is 0. The topological polar surface area (TPSA) is 35.5 Å². The molecule has 1 saturated heterocycles. The fraction of sp³-hybridized carbons (Fsp3) is 0.900. The molecule has 0 aromatic heterocycles. The van der Waals surface area contributed by atoms with Crippen LogP contribution in [0.3, 0.4) is 0 Å². The lowest BCUT2D eigenvalue weighted by molar-refractivity contribution is -0.126. The van der Waals surface area contributed by atoms with Gasteiger partial charge >= 0.3 is 0 Å². The zero-order chi connectivity index (χ0) is 9.84. The normalized spacial score (nSPS) is 30.4. The first-order valence-electron chi connectivity index (χ1n) is 4.79. The Morgan fingerprint density at radius 1 is 1.69 bits per heavy atom. The van der Waals surface area contributed by atoms with Crippen molar-refractivity contribution in [2.75, 3.05) is 13.7 Å². The summed E-state index contributed by atoms with van der Waals surface area (Å²) in [4.78, 5) is 10.9. The van der Waals surface area contributed by atoms with E-state index < -0.39 is 0 Å². The van der Waals surface area contributed by atoms with Crippen LogP contribution in [0.15, 0.2) is 0 Å². The first-order valence-corrected chi connectivity index (χ1v) is 4.79. The second-order valence-corrected chi connectivity index (χ2v) is 3.81. The van der Waals surface area contributed by atoms with Crippen LogP contribution in [0.2, 0.25) is 0 Å². The summed E-state index contributed by atoms with van der Waals surface area (Å²) in [5, 5.41) is 0. The highest BCUT2D eigenvalue weighted by molar-refractivity contribution is 5.75. The maximum atomic E-state index is 10.9. The lowest BCUT2D eigenvalue weighted by Gasteiger charge is -2.22. The molecule has 0 aliphatic carbocycles. The van der Waals surface area contributed by atoms with Crippen LogP contribution in [-0.2, 0) is 14.3 Å². The van der Waals surface area contributed by atoms with E-state index in [1.54, 1.807) is 14.0 Å². The van der Waals surface area contributed by atoms with E-state index in [0.717, 1.165) is 13.0 Å². The van der Waals surface area contributed by atoms with Crippen LogP contribution in [-0.4, -0.2) is 25.8 Å². The quantitative estimate of drug-likeness (QED) is 0.669. The molecule has 1 aliphatic heterocycles. The summed E-state index contributed by atoms with van der Waals surface area (Å²) in [6.45, 7) is 4.48. The van der Waals surface area contributed by atoms with Crippen LogP contribution >= 0.6 is 0 Å². The number of ketones is 1. The molecule has 0 saturated carbocycles. The van der Waals surface area contributed by atoms with Gasteiger partial charge in [0.25, 0.3) is 0 Å². The van der Waals surface area contributed by atoms with Crippen molar-refractivity contribution in [2.45, 2.75) is 33.0 Å². The average Bonchev–Trinajstić information content (AvgIpc) is 2.49. The van der Waals surface area contributed by atoms with Gasteiger partial charge in [-0.15, -0.1) is 0 Å². The molecule has 3 nitrogen and oxygen atoms in total. The molecule has 0 spiro atoms. The molecule has 1 fully saturated rings. The van der Waals surface area contributed by atoms with E-state index >= 15 is 0 Å². The Kier molecular flexibility index (Phi) is 3.88. The molecule has 0 aromatic rings. The van der Waals surface area contributed by atoms with Crippen LogP contribution in [0, 0.1) is 11.8 Å². The Morgan fingerprint density at radius 3 is 2.92 bits per heavy atom. The van der Waals surface area contributed by atoms with Crippen LogP contribution in [0.1, 0.15) is 26.7 Å². The van der Waals surface area contributed by atoms with Crippen molar-refractivity contribution in [1.82, 2.24) is 0 Å². The van der Waals surface area contributed by atoms with Crippen molar-refractivity contribution < 1.29 is 14.3 Å². The minimum Gasteiger partial charge on any atom is -0.356 e. The zero-order valence-electron chi connectivity index (χ0n) is 8.58. The van der Waals surface area contributed by atoms with E-state index in [1.807, 2.05) is 0 Å². The maximum absolute atomic E-state index is 10.9. The van der Waals surface area contributed by atoms with Gasteiger partial charge in [-0.25, -0.2) is 0 Å². The molecular weight excluding hydrogens is 168 g/mol. The van der Waals surface area contributed by atoms with E-state index in [-0.39, 0.29) is 12.1 Å². The minimum absolute atomic E-state index is 0.102. The monoisotopic (exact) mass is 186 g/mol. The summed E-state index contributed by atoms with van der Waals surface area (Å²) in [5.74, 6) is 0.994. The zero-order valence-corrected chi connectivity index (χ0v) is 8.58. The van der Waals surface area contributed by atoms with Gasteiger partial charge in [-0.1, -0.05) is 6.92 Å². The van der Waals surface area contributed by atoms with E-state index in [9.17, 15) is 4.79 Å². The molecule has 0 aromatic carbocycles. The van der Waals surface area contributed by atoms with Gasteiger partial charge in [0.2, 0.25) is 0 Å². The first-order chi connectivity index (χ1) is 6.15. The molecule has 1 rings (SSSR count). The number of hydrogen-bond acceptors (Lipinski definition) is 3. The molecule has 3 heteroatoms. The molecular formula is C10H18O3. The van der Waals surface area contributed by atoms with Crippen LogP contribution in [0.4, 0.5) is 0 Å². The highest BCUT2D eigenvalue weighted by Crippen LogP contribution is 2.30. The van der Waals surface area contributed by atoms with Crippen molar-refractivity contribution in [1.29, 1.82) is 0 Å². The Bertz CT molecular complexity index is 179. The Morgan fingerprint density at radius 2 is 2.38 bits per heavy atom. The SMILES string of the molecule is COC1OCCC1C(C)CC(C)=O. The van der Waals surface area contributed by atoms with Crippen LogP contribution < -0.4 is 0 Å². The third-order valence-electron chi connectivity index (χ3n) is 2.66. The maximum Gasteiger partial charge on any atom is 0.160 e. The van der Waals surface area contributed by atoms with Gasteiger partial charge in [-0.2, -0.15) is 0 Å². The van der Waals surface area contributed by atoms with Crippen molar-refractivity contribution in [3.63, 3.8) is 0 Å². The molecule has 0 amide bonds. The summed E-state index contributed by atoms with van der Waals surface area (Å²) in [5.41, 5.74) is 0. The van der Waals surface area contributed by atoms with E-state index in [4.69, 9.17) is 9.47 Å². The number of rotatable bonds is 4. The number of carbonyl (C=O) groups is 1. The fourth-order valence-electron chi connectivity index (χ4n) is 1.98. The molecule has 1 heterocycles. The number of Topliss-reactive ketones (excluding diaryl/α,β-unsaturated/α-hetero) is 1. The molecule has 0 radical (unpaired) electrons. The molecule has 1 aliphatic rings. The van der Waals surface area contributed by atoms with E-state index in [1.165, 1.54) is 0 Å². The molecule has 3 unspecified atom stereocenters. The average molecular weight is 186 g/mol. The highest BCUT2D eigenvalue weighted by Gasteiger charge is 2.32. The predicted octanol–water partition coefficient (Wildman–Crippen LogP) is 1.61. The number of ether oxygens (including phenoxy) is 2. The standard InChI is InChI=1S/C10H18O3/c1-7(6-8(2)11)9-4-5-13-10(9)12-3/h7,9-10H,4-6H2,1-3H3. The first kappa shape index (κ1) is 10.7. The van der Waals surface area contributed by atoms with Gasteiger partial charge in [-0.05, 0) is 19.3 Å². The van der Waals surface area contributed by atoms with Crippen molar-refractivity contribution in [2.24, 2.45) is 11.8 Å². The van der Waals surface area contributed by atoms with Crippen molar-refractivity contribution >= 4 is 5.78 Å². The molecule has 76 valence electrons. The van der Waals surface area contributed by atoms with Crippen LogP contribution in [0.5, 0.6) is 0 Å². The van der Waals surface area contributed by atoms with Crippen molar-refractivity contribution in [3.05, 3.63) is 0 Å². The number of methoxy groups -OCH3 is 1. The third kappa shape index (κ3) is 2.78. The van der Waals surface area contributed by atoms with Gasteiger partial charge in [0, 0.05) is 19.4 Å². The van der Waals surface area contributed by atoms with Crippen molar-refractivity contribution in [3.8, 4) is 0 Å². The summed E-state index contributed by atoms with van der Waals surface area (Å²) in [7, 11) is 1.66. The molecule has 0 N–H and O–H groups in total. The second kappa shape index (κ2) is 4.72. The fourth-order valence-corrected chi connectivity index (χ4v) is 1.98.